The number of nitrogens with zero attached hydrogens (tertiary/aromatic N) is 4. The predicted octanol–water partition coefficient (Wildman–Crippen LogP) is 0.396. The lowest BCUT2D eigenvalue weighted by Gasteiger charge is -2.06. The van der Waals surface area contributed by atoms with Gasteiger partial charge < -0.3 is 10.6 Å². The van der Waals surface area contributed by atoms with Crippen LogP contribution in [0.2, 0.25) is 0 Å². The molecule has 0 saturated carbocycles. The molecule has 2 N–H and O–H groups in total. The molecule has 1 aliphatic rings. The quantitative estimate of drug-likeness (QED) is 0.718. The molecule has 3 heterocycles. The Morgan fingerprint density at radius 3 is 3.00 bits per heavy atom. The first kappa shape index (κ1) is 9.02. The molecule has 0 bridgehead atoms. The van der Waals surface area contributed by atoms with Crippen LogP contribution in [0.25, 0.3) is 11.2 Å². The normalized spacial score (nSPS) is 14.6. The molecular weight excluding hydrogens is 204 g/mol. The molecule has 80 valence electrons. The summed E-state index contributed by atoms with van der Waals surface area (Å²) in [5, 5.41) is 6.27. The zero-order valence-corrected chi connectivity index (χ0v) is 8.51. The fourth-order valence-electron chi connectivity index (χ4n) is 1.54. The van der Waals surface area contributed by atoms with Crippen molar-refractivity contribution in [2.45, 2.75) is 0 Å². The molecule has 0 atom stereocenters. The second-order valence-electron chi connectivity index (χ2n) is 3.41. The second-order valence-corrected chi connectivity index (χ2v) is 3.41. The van der Waals surface area contributed by atoms with Crippen molar-refractivity contribution in [2.75, 3.05) is 18.4 Å². The standard InChI is InChI=1S/C10H10N6/c1-2-12-9-8(11-1)5-7(6-15-9)16-10-13-3-4-14-10/h1-2,5-6H,3-4H2,(H2,13,14,16). The minimum absolute atomic E-state index is 0.648. The molecule has 0 aromatic carbocycles. The molecule has 1 aliphatic heterocycles. The van der Waals surface area contributed by atoms with Crippen LogP contribution >= 0.6 is 0 Å². The van der Waals surface area contributed by atoms with Gasteiger partial charge in [-0.1, -0.05) is 0 Å². The smallest absolute Gasteiger partial charge is 0.195 e. The molecule has 0 spiro atoms. The number of anilines is 1. The monoisotopic (exact) mass is 214 g/mol. The number of aliphatic imine (C=N–C) groups is 1. The zero-order chi connectivity index (χ0) is 10.8. The van der Waals surface area contributed by atoms with E-state index < -0.39 is 0 Å². The Kier molecular flexibility index (Phi) is 2.10. The fourth-order valence-corrected chi connectivity index (χ4v) is 1.54. The van der Waals surface area contributed by atoms with Crippen LogP contribution in [0.15, 0.2) is 29.6 Å². The number of hydrogen-bond donors (Lipinski definition) is 2. The number of pyridine rings is 1. The van der Waals surface area contributed by atoms with Crippen LogP contribution in [-0.2, 0) is 0 Å². The maximum atomic E-state index is 4.24. The van der Waals surface area contributed by atoms with E-state index in [1.165, 1.54) is 0 Å². The molecule has 6 heteroatoms. The van der Waals surface area contributed by atoms with Crippen molar-refractivity contribution < 1.29 is 0 Å². The predicted molar refractivity (Wildman–Crippen MR) is 61.3 cm³/mol. The first-order valence-electron chi connectivity index (χ1n) is 5.04. The summed E-state index contributed by atoms with van der Waals surface area (Å²) < 4.78 is 0. The number of guanidine groups is 1. The third-order valence-corrected chi connectivity index (χ3v) is 2.26. The Labute approximate surface area is 91.9 Å². The Morgan fingerprint density at radius 1 is 1.19 bits per heavy atom. The largest absolute Gasteiger partial charge is 0.354 e. The number of hydrogen-bond acceptors (Lipinski definition) is 6. The van der Waals surface area contributed by atoms with Crippen LogP contribution in [0, 0.1) is 0 Å². The van der Waals surface area contributed by atoms with Gasteiger partial charge in [0.15, 0.2) is 11.6 Å². The molecule has 0 unspecified atom stereocenters. The van der Waals surface area contributed by atoms with Gasteiger partial charge in [-0.05, 0) is 6.07 Å². The summed E-state index contributed by atoms with van der Waals surface area (Å²) in [7, 11) is 0. The molecule has 0 aliphatic carbocycles. The van der Waals surface area contributed by atoms with Gasteiger partial charge in [-0.25, -0.2) is 9.97 Å². The lowest BCUT2D eigenvalue weighted by molar-refractivity contribution is 0.959. The maximum Gasteiger partial charge on any atom is 0.195 e. The van der Waals surface area contributed by atoms with E-state index in [0.29, 0.717) is 5.65 Å². The van der Waals surface area contributed by atoms with Gasteiger partial charge in [-0.15, -0.1) is 0 Å². The SMILES string of the molecule is c1cnc2ncc(NC3=NCCN3)cc2n1. The maximum absolute atomic E-state index is 4.24. The summed E-state index contributed by atoms with van der Waals surface area (Å²) >= 11 is 0. The first-order chi connectivity index (χ1) is 7.92. The summed E-state index contributed by atoms with van der Waals surface area (Å²) in [4.78, 5) is 16.7. The third kappa shape index (κ3) is 1.65. The van der Waals surface area contributed by atoms with Gasteiger partial charge in [0.2, 0.25) is 0 Å². The highest BCUT2D eigenvalue weighted by molar-refractivity contribution is 5.95. The highest BCUT2D eigenvalue weighted by atomic mass is 15.2. The van der Waals surface area contributed by atoms with Crippen molar-refractivity contribution in [1.29, 1.82) is 0 Å². The molecule has 0 radical (unpaired) electrons. The van der Waals surface area contributed by atoms with Gasteiger partial charge in [-0.3, -0.25) is 9.98 Å². The van der Waals surface area contributed by atoms with Crippen LogP contribution in [0.3, 0.4) is 0 Å². The summed E-state index contributed by atoms with van der Waals surface area (Å²) in [5.41, 5.74) is 2.28. The minimum Gasteiger partial charge on any atom is -0.354 e. The van der Waals surface area contributed by atoms with Crippen LogP contribution in [-0.4, -0.2) is 34.0 Å². The van der Waals surface area contributed by atoms with Gasteiger partial charge in [-0.2, -0.15) is 0 Å². The molecular formula is C10H10N6. The van der Waals surface area contributed by atoms with E-state index >= 15 is 0 Å². The lowest BCUT2D eigenvalue weighted by atomic mass is 10.3. The summed E-state index contributed by atoms with van der Waals surface area (Å²) in [5.74, 6) is 0.782. The van der Waals surface area contributed by atoms with Gasteiger partial charge in [0.25, 0.3) is 0 Å². The van der Waals surface area contributed by atoms with E-state index in [4.69, 9.17) is 0 Å². The molecule has 0 fully saturated rings. The van der Waals surface area contributed by atoms with Crippen LogP contribution < -0.4 is 10.6 Å². The van der Waals surface area contributed by atoms with Crippen LogP contribution in [0.5, 0.6) is 0 Å². The van der Waals surface area contributed by atoms with E-state index in [9.17, 15) is 0 Å². The Balaban J connectivity index is 1.92. The van der Waals surface area contributed by atoms with Crippen LogP contribution in [0.4, 0.5) is 5.69 Å². The van der Waals surface area contributed by atoms with Crippen molar-refractivity contribution in [2.24, 2.45) is 4.99 Å². The molecule has 0 amide bonds. The lowest BCUT2D eigenvalue weighted by Crippen LogP contribution is -2.26. The summed E-state index contributed by atoms with van der Waals surface area (Å²) in [6.45, 7) is 1.69. The molecule has 16 heavy (non-hydrogen) atoms. The van der Waals surface area contributed by atoms with Crippen molar-refractivity contribution in [3.05, 3.63) is 24.7 Å². The number of aromatic nitrogens is 3. The second kappa shape index (κ2) is 3.73. The number of nitrogens with one attached hydrogen (secondary N) is 2. The van der Waals surface area contributed by atoms with Crippen LogP contribution in [0.1, 0.15) is 0 Å². The first-order valence-corrected chi connectivity index (χ1v) is 5.04. The van der Waals surface area contributed by atoms with Crippen molar-refractivity contribution in [3.63, 3.8) is 0 Å². The van der Waals surface area contributed by atoms with E-state index in [1.807, 2.05) is 6.07 Å². The molecule has 2 aromatic heterocycles. The molecule has 2 aromatic rings. The van der Waals surface area contributed by atoms with E-state index in [1.54, 1.807) is 18.6 Å². The highest BCUT2D eigenvalue weighted by Gasteiger charge is 2.05. The Morgan fingerprint density at radius 2 is 2.12 bits per heavy atom. The van der Waals surface area contributed by atoms with E-state index in [0.717, 1.165) is 30.3 Å². The fraction of sp³-hybridized carbons (Fsp3) is 0.200. The zero-order valence-electron chi connectivity index (χ0n) is 8.51. The highest BCUT2D eigenvalue weighted by Crippen LogP contribution is 2.11. The van der Waals surface area contributed by atoms with E-state index in [-0.39, 0.29) is 0 Å². The van der Waals surface area contributed by atoms with Gasteiger partial charge in [0.1, 0.15) is 5.52 Å². The van der Waals surface area contributed by atoms with Crippen molar-refractivity contribution in [1.82, 2.24) is 20.3 Å². The molecule has 6 nitrogen and oxygen atoms in total. The Hall–Kier alpha value is -2.24. The molecule has 3 rings (SSSR count). The minimum atomic E-state index is 0.648. The average Bonchev–Trinajstić information content (AvgIpc) is 2.82. The topological polar surface area (TPSA) is 75.1 Å². The van der Waals surface area contributed by atoms with E-state index in [2.05, 4.69) is 30.6 Å². The van der Waals surface area contributed by atoms with Crippen molar-refractivity contribution >= 4 is 22.8 Å². The third-order valence-electron chi connectivity index (χ3n) is 2.26. The molecule has 0 saturated heterocycles. The average molecular weight is 214 g/mol. The number of rotatable bonds is 1. The van der Waals surface area contributed by atoms with Crippen molar-refractivity contribution in [3.8, 4) is 0 Å². The summed E-state index contributed by atoms with van der Waals surface area (Å²) in [6.07, 6.45) is 5.00. The number of fused-ring (bicyclic) bond motifs is 1. The van der Waals surface area contributed by atoms with Gasteiger partial charge >= 0.3 is 0 Å². The summed E-state index contributed by atoms with van der Waals surface area (Å²) in [6, 6.07) is 1.90. The van der Waals surface area contributed by atoms with Gasteiger partial charge in [0.05, 0.1) is 18.4 Å². The Bertz CT molecular complexity index is 550. The van der Waals surface area contributed by atoms with Gasteiger partial charge in [0, 0.05) is 18.9 Å².